The van der Waals surface area contributed by atoms with Gasteiger partial charge in [-0.2, -0.15) is 0 Å². The molecular weight excluding hydrogens is 264 g/mol. The molecule has 3 unspecified atom stereocenters. The summed E-state index contributed by atoms with van der Waals surface area (Å²) in [5.74, 6) is 2.18. The first-order valence-corrected chi connectivity index (χ1v) is 9.22. The molecule has 3 rings (SSSR count). The largest absolute Gasteiger partial charge is 0.0651 e. The van der Waals surface area contributed by atoms with Crippen LogP contribution in [0, 0.1) is 39.4 Å². The summed E-state index contributed by atoms with van der Waals surface area (Å²) in [6.45, 7) is 24.9. The third-order valence-corrected chi connectivity index (χ3v) is 8.32. The lowest BCUT2D eigenvalue weighted by Gasteiger charge is -2.46. The standard InChI is InChI=1S/C22H36/c1-13-17-15(12-19(13,3)4)11-16-18(22(17,9)10)21(7,8)14(2)20(16,5)6/h11,13-14,17H,12H2,1-10H3. The molecule has 1 saturated carbocycles. The number of rotatable bonds is 0. The maximum Gasteiger partial charge on any atom is -0.00649 e. The highest BCUT2D eigenvalue weighted by Gasteiger charge is 2.60. The van der Waals surface area contributed by atoms with E-state index < -0.39 is 0 Å². The van der Waals surface area contributed by atoms with Crippen LogP contribution < -0.4 is 0 Å². The second-order valence-electron chi connectivity index (χ2n) is 10.8. The van der Waals surface area contributed by atoms with Crippen LogP contribution in [0.2, 0.25) is 0 Å². The molecule has 3 aliphatic carbocycles. The van der Waals surface area contributed by atoms with Crippen molar-refractivity contribution in [2.24, 2.45) is 39.4 Å². The molecule has 0 amide bonds. The fourth-order valence-electron chi connectivity index (χ4n) is 6.60. The predicted molar refractivity (Wildman–Crippen MR) is 96.7 cm³/mol. The van der Waals surface area contributed by atoms with Crippen LogP contribution in [0.15, 0.2) is 22.8 Å². The fraction of sp³-hybridized carbons (Fsp3) is 0.818. The van der Waals surface area contributed by atoms with Crippen molar-refractivity contribution >= 4 is 0 Å². The molecule has 0 radical (unpaired) electrons. The van der Waals surface area contributed by atoms with E-state index in [4.69, 9.17) is 0 Å². The van der Waals surface area contributed by atoms with Crippen LogP contribution >= 0.6 is 0 Å². The molecule has 3 atom stereocenters. The molecule has 0 N–H and O–H groups in total. The van der Waals surface area contributed by atoms with Gasteiger partial charge in [0.25, 0.3) is 0 Å². The molecular formula is C22H36. The minimum absolute atomic E-state index is 0.290. The Hall–Kier alpha value is -0.520. The Balaban J connectivity index is 2.24. The van der Waals surface area contributed by atoms with Crippen molar-refractivity contribution < 1.29 is 0 Å². The number of hydrogen-bond donors (Lipinski definition) is 0. The highest BCUT2D eigenvalue weighted by molar-refractivity contribution is 5.52. The number of hydrogen-bond acceptors (Lipinski definition) is 0. The van der Waals surface area contributed by atoms with Gasteiger partial charge in [-0.25, -0.2) is 0 Å². The molecule has 0 aromatic carbocycles. The normalized spacial score (nSPS) is 40.3. The van der Waals surface area contributed by atoms with Gasteiger partial charge in [-0.3, -0.25) is 0 Å². The minimum atomic E-state index is 0.290. The molecule has 22 heavy (non-hydrogen) atoms. The first kappa shape index (κ1) is 16.3. The van der Waals surface area contributed by atoms with Crippen molar-refractivity contribution in [2.75, 3.05) is 0 Å². The van der Waals surface area contributed by atoms with Gasteiger partial charge in [0.2, 0.25) is 0 Å². The molecule has 3 aliphatic rings. The zero-order valence-corrected chi connectivity index (χ0v) is 16.5. The van der Waals surface area contributed by atoms with Gasteiger partial charge in [-0.05, 0) is 51.4 Å². The van der Waals surface area contributed by atoms with E-state index >= 15 is 0 Å². The fourth-order valence-corrected chi connectivity index (χ4v) is 6.60. The second-order valence-corrected chi connectivity index (χ2v) is 10.8. The lowest BCUT2D eigenvalue weighted by molar-refractivity contribution is 0.128. The molecule has 0 spiro atoms. The van der Waals surface area contributed by atoms with E-state index in [9.17, 15) is 0 Å². The summed E-state index contributed by atoms with van der Waals surface area (Å²) in [6, 6.07) is 0. The third kappa shape index (κ3) is 1.70. The molecule has 0 aromatic rings. The van der Waals surface area contributed by atoms with Crippen LogP contribution in [0.3, 0.4) is 0 Å². The average molecular weight is 301 g/mol. The minimum Gasteiger partial charge on any atom is -0.0651 e. The Labute approximate surface area is 138 Å². The van der Waals surface area contributed by atoms with Gasteiger partial charge in [0.05, 0.1) is 0 Å². The summed E-state index contributed by atoms with van der Waals surface area (Å²) in [5.41, 5.74) is 6.49. The first-order chi connectivity index (χ1) is 9.75. The highest BCUT2D eigenvalue weighted by Crippen LogP contribution is 2.69. The van der Waals surface area contributed by atoms with E-state index in [0.717, 1.165) is 11.8 Å². The average Bonchev–Trinajstić information content (AvgIpc) is 2.64. The van der Waals surface area contributed by atoms with Gasteiger partial charge in [-0.15, -0.1) is 0 Å². The van der Waals surface area contributed by atoms with Crippen LogP contribution in [-0.4, -0.2) is 0 Å². The van der Waals surface area contributed by atoms with E-state index in [1.165, 1.54) is 6.42 Å². The highest BCUT2D eigenvalue weighted by atomic mass is 14.6. The summed E-state index contributed by atoms with van der Waals surface area (Å²) < 4.78 is 0. The third-order valence-electron chi connectivity index (χ3n) is 8.32. The topological polar surface area (TPSA) is 0 Å². The molecule has 0 aliphatic heterocycles. The molecule has 0 heterocycles. The Morgan fingerprint density at radius 3 is 1.91 bits per heavy atom. The van der Waals surface area contributed by atoms with Gasteiger partial charge in [0, 0.05) is 0 Å². The van der Waals surface area contributed by atoms with Crippen molar-refractivity contribution in [1.82, 2.24) is 0 Å². The van der Waals surface area contributed by atoms with Crippen molar-refractivity contribution in [3.63, 3.8) is 0 Å². The Morgan fingerprint density at radius 2 is 1.36 bits per heavy atom. The maximum atomic E-state index is 2.64. The van der Waals surface area contributed by atoms with Crippen LogP contribution in [-0.2, 0) is 0 Å². The zero-order chi connectivity index (χ0) is 16.9. The lowest BCUT2D eigenvalue weighted by atomic mass is 9.57. The van der Waals surface area contributed by atoms with Gasteiger partial charge in [0.15, 0.2) is 0 Å². The monoisotopic (exact) mass is 300 g/mol. The van der Waals surface area contributed by atoms with Crippen molar-refractivity contribution in [3.8, 4) is 0 Å². The lowest BCUT2D eigenvalue weighted by Crippen LogP contribution is -2.38. The molecule has 0 saturated heterocycles. The smallest absolute Gasteiger partial charge is 0.00649 e. The molecule has 1 fully saturated rings. The van der Waals surface area contributed by atoms with Gasteiger partial charge < -0.3 is 0 Å². The zero-order valence-electron chi connectivity index (χ0n) is 16.5. The summed E-state index contributed by atoms with van der Waals surface area (Å²) in [5, 5.41) is 0. The summed E-state index contributed by atoms with van der Waals surface area (Å²) >= 11 is 0. The molecule has 0 nitrogen and oxygen atoms in total. The Bertz CT molecular complexity index is 577. The SMILES string of the molecule is CC1C2C(=CC3=C(C2(C)C)C(C)(C)C(C)C3(C)C)CC1(C)C. The Kier molecular flexibility index (Phi) is 3.05. The van der Waals surface area contributed by atoms with E-state index in [-0.39, 0.29) is 5.41 Å². The van der Waals surface area contributed by atoms with Crippen molar-refractivity contribution in [2.45, 2.75) is 75.7 Å². The van der Waals surface area contributed by atoms with Crippen molar-refractivity contribution in [3.05, 3.63) is 22.8 Å². The van der Waals surface area contributed by atoms with Gasteiger partial charge in [0.1, 0.15) is 0 Å². The number of fused-ring (bicyclic) bond motifs is 1. The van der Waals surface area contributed by atoms with Crippen LogP contribution in [0.5, 0.6) is 0 Å². The van der Waals surface area contributed by atoms with Crippen LogP contribution in [0.25, 0.3) is 0 Å². The molecule has 0 bridgehead atoms. The van der Waals surface area contributed by atoms with E-state index in [0.29, 0.717) is 22.2 Å². The van der Waals surface area contributed by atoms with Crippen LogP contribution in [0.4, 0.5) is 0 Å². The number of allylic oxidation sites excluding steroid dienone is 4. The van der Waals surface area contributed by atoms with E-state index in [1.54, 1.807) is 16.7 Å². The first-order valence-electron chi connectivity index (χ1n) is 9.22. The quantitative estimate of drug-likeness (QED) is 0.471. The van der Waals surface area contributed by atoms with Crippen molar-refractivity contribution in [1.29, 1.82) is 0 Å². The molecule has 0 aromatic heterocycles. The van der Waals surface area contributed by atoms with E-state index in [1.807, 2.05) is 0 Å². The Morgan fingerprint density at radius 1 is 0.818 bits per heavy atom. The summed E-state index contributed by atoms with van der Waals surface area (Å²) in [6.07, 6.45) is 3.92. The van der Waals surface area contributed by atoms with Gasteiger partial charge >= 0.3 is 0 Å². The molecule has 0 heteroatoms. The van der Waals surface area contributed by atoms with E-state index in [2.05, 4.69) is 75.3 Å². The van der Waals surface area contributed by atoms with Gasteiger partial charge in [-0.1, -0.05) is 86.5 Å². The van der Waals surface area contributed by atoms with Crippen LogP contribution in [0.1, 0.15) is 75.7 Å². The molecule has 124 valence electrons. The predicted octanol–water partition coefficient (Wildman–Crippen LogP) is 6.63. The second kappa shape index (κ2) is 4.11. The summed E-state index contributed by atoms with van der Waals surface area (Å²) in [4.78, 5) is 0. The summed E-state index contributed by atoms with van der Waals surface area (Å²) in [7, 11) is 0. The maximum absolute atomic E-state index is 2.64.